The topological polar surface area (TPSA) is 49.4 Å². The average molecular weight is 313 g/mol. The Morgan fingerprint density at radius 1 is 1.38 bits per heavy atom. The van der Waals surface area contributed by atoms with Crippen molar-refractivity contribution < 1.29 is 14.0 Å². The minimum atomic E-state index is -0.519. The molecule has 0 unspecified atom stereocenters. The molecule has 1 heterocycles. The number of likely N-dealkylation sites (tertiary alicyclic amines) is 1. The van der Waals surface area contributed by atoms with Gasteiger partial charge in [0.1, 0.15) is 12.1 Å². The van der Waals surface area contributed by atoms with E-state index in [1.165, 1.54) is 18.2 Å². The minimum Gasteiger partial charge on any atom is -0.352 e. The smallest absolute Gasteiger partial charge is 0.251 e. The van der Waals surface area contributed by atoms with Gasteiger partial charge in [0, 0.05) is 17.1 Å². The van der Waals surface area contributed by atoms with Gasteiger partial charge in [-0.25, -0.2) is 4.39 Å². The Balaban J connectivity index is 1.80. The van der Waals surface area contributed by atoms with Gasteiger partial charge >= 0.3 is 0 Å². The number of aldehydes is 1. The third-order valence-corrected chi connectivity index (χ3v) is 3.93. The summed E-state index contributed by atoms with van der Waals surface area (Å²) in [6.07, 6.45) is 2.80. The molecule has 114 valence electrons. The van der Waals surface area contributed by atoms with Crippen LogP contribution in [0.2, 0.25) is 5.02 Å². The van der Waals surface area contributed by atoms with E-state index in [0.29, 0.717) is 19.0 Å². The highest BCUT2D eigenvalue weighted by Crippen LogP contribution is 2.17. The van der Waals surface area contributed by atoms with Crippen LogP contribution in [0.25, 0.3) is 0 Å². The summed E-state index contributed by atoms with van der Waals surface area (Å²) in [5, 5.41) is 3.03. The molecule has 0 aromatic heterocycles. The number of hydrogen-bond acceptors (Lipinski definition) is 3. The molecule has 2 rings (SSSR count). The molecule has 1 aromatic rings. The van der Waals surface area contributed by atoms with Gasteiger partial charge in [-0.2, -0.15) is 0 Å². The summed E-state index contributed by atoms with van der Waals surface area (Å²) in [5.41, 5.74) is 0.235. The predicted octanol–water partition coefficient (Wildman–Crippen LogP) is 2.12. The lowest BCUT2D eigenvalue weighted by Crippen LogP contribution is -2.39. The first-order valence-electron chi connectivity index (χ1n) is 6.99. The summed E-state index contributed by atoms with van der Waals surface area (Å²) < 4.78 is 13.2. The van der Waals surface area contributed by atoms with Crippen LogP contribution in [0.15, 0.2) is 18.2 Å². The summed E-state index contributed by atoms with van der Waals surface area (Å²) in [7, 11) is 0. The van der Waals surface area contributed by atoms with Crippen molar-refractivity contribution >= 4 is 23.8 Å². The number of carbonyl (C=O) groups excluding carboxylic acids is 2. The molecule has 0 spiro atoms. The molecule has 1 aliphatic heterocycles. The zero-order chi connectivity index (χ0) is 15.2. The van der Waals surface area contributed by atoms with E-state index < -0.39 is 5.82 Å². The molecule has 1 amide bonds. The second-order valence-corrected chi connectivity index (χ2v) is 5.72. The van der Waals surface area contributed by atoms with Gasteiger partial charge in [-0.1, -0.05) is 11.6 Å². The van der Waals surface area contributed by atoms with Crippen molar-refractivity contribution in [1.82, 2.24) is 10.2 Å². The molecule has 0 aliphatic carbocycles. The Bertz CT molecular complexity index is 496. The summed E-state index contributed by atoms with van der Waals surface area (Å²) in [6, 6.07) is 3.79. The number of nitrogens with one attached hydrogen (secondary N) is 1. The molecular formula is C15H18ClFN2O2. The van der Waals surface area contributed by atoms with Gasteiger partial charge in [0.25, 0.3) is 5.91 Å². The number of rotatable bonds is 5. The quantitative estimate of drug-likeness (QED) is 0.847. The van der Waals surface area contributed by atoms with Gasteiger partial charge in [-0.05, 0) is 50.0 Å². The Kier molecular flexibility index (Phi) is 5.70. The predicted molar refractivity (Wildman–Crippen MR) is 79.0 cm³/mol. The van der Waals surface area contributed by atoms with Crippen molar-refractivity contribution in [3.05, 3.63) is 34.6 Å². The maximum atomic E-state index is 13.2. The van der Waals surface area contributed by atoms with E-state index in [9.17, 15) is 14.0 Å². The van der Waals surface area contributed by atoms with E-state index >= 15 is 0 Å². The highest BCUT2D eigenvalue weighted by atomic mass is 35.5. The molecule has 0 saturated carbocycles. The number of hydrogen-bond donors (Lipinski definition) is 1. The lowest BCUT2D eigenvalue weighted by molar-refractivity contribution is -0.109. The fraction of sp³-hybridized carbons (Fsp3) is 0.467. The van der Waals surface area contributed by atoms with Crippen LogP contribution in [0.3, 0.4) is 0 Å². The summed E-state index contributed by atoms with van der Waals surface area (Å²) in [4.78, 5) is 24.5. The Hall–Kier alpha value is -1.46. The number of benzene rings is 1. The summed E-state index contributed by atoms with van der Waals surface area (Å²) >= 11 is 5.73. The van der Waals surface area contributed by atoms with E-state index in [-0.39, 0.29) is 16.5 Å². The van der Waals surface area contributed by atoms with E-state index in [4.69, 9.17) is 11.6 Å². The first-order chi connectivity index (χ1) is 10.1. The molecule has 1 fully saturated rings. The third-order valence-electron chi connectivity index (χ3n) is 3.72. The van der Waals surface area contributed by atoms with Crippen LogP contribution in [0.4, 0.5) is 4.39 Å². The van der Waals surface area contributed by atoms with E-state index in [2.05, 4.69) is 10.2 Å². The monoisotopic (exact) mass is 312 g/mol. The van der Waals surface area contributed by atoms with Crippen molar-refractivity contribution in [2.75, 3.05) is 26.2 Å². The Morgan fingerprint density at radius 2 is 2.10 bits per heavy atom. The van der Waals surface area contributed by atoms with Gasteiger partial charge < -0.3 is 10.1 Å². The molecule has 1 saturated heterocycles. The van der Waals surface area contributed by atoms with Crippen molar-refractivity contribution in [2.45, 2.75) is 12.8 Å². The number of piperidine rings is 1. The van der Waals surface area contributed by atoms with Crippen LogP contribution in [-0.4, -0.2) is 43.3 Å². The first-order valence-corrected chi connectivity index (χ1v) is 7.36. The second kappa shape index (κ2) is 7.52. The molecule has 4 nitrogen and oxygen atoms in total. The highest BCUT2D eigenvalue weighted by molar-refractivity contribution is 6.31. The van der Waals surface area contributed by atoms with Crippen LogP contribution in [0.1, 0.15) is 23.2 Å². The molecule has 21 heavy (non-hydrogen) atoms. The zero-order valence-electron chi connectivity index (χ0n) is 11.6. The summed E-state index contributed by atoms with van der Waals surface area (Å²) in [5.74, 6) is -0.442. The molecule has 0 radical (unpaired) electrons. The van der Waals surface area contributed by atoms with Gasteiger partial charge in [-0.15, -0.1) is 0 Å². The van der Waals surface area contributed by atoms with Crippen molar-refractivity contribution in [3.8, 4) is 0 Å². The van der Waals surface area contributed by atoms with Gasteiger partial charge in [0.2, 0.25) is 0 Å². The minimum absolute atomic E-state index is 0.210. The molecule has 1 aromatic carbocycles. The normalized spacial score (nSPS) is 16.7. The highest BCUT2D eigenvalue weighted by Gasteiger charge is 2.19. The summed E-state index contributed by atoms with van der Waals surface area (Å²) in [6.45, 7) is 2.76. The van der Waals surface area contributed by atoms with Gasteiger partial charge in [0.15, 0.2) is 0 Å². The first kappa shape index (κ1) is 15.9. The average Bonchev–Trinajstić information content (AvgIpc) is 2.45. The molecular weight excluding hydrogens is 295 g/mol. The number of nitrogens with zero attached hydrogens (tertiary/aromatic N) is 1. The maximum absolute atomic E-state index is 13.2. The van der Waals surface area contributed by atoms with Crippen LogP contribution in [0, 0.1) is 11.7 Å². The molecule has 1 aliphatic rings. The fourth-order valence-corrected chi connectivity index (χ4v) is 2.72. The van der Waals surface area contributed by atoms with Crippen molar-refractivity contribution in [1.29, 1.82) is 0 Å². The standard InChI is InChI=1S/C15H18ClFN2O2/c16-13-7-12(8-14(17)9-13)15(21)18-10-11-1-3-19(4-2-11)5-6-20/h6-9,11H,1-5,10H2,(H,18,21). The molecule has 0 atom stereocenters. The van der Waals surface area contributed by atoms with Crippen LogP contribution < -0.4 is 5.32 Å². The Labute approximate surface area is 128 Å². The lowest BCUT2D eigenvalue weighted by atomic mass is 9.96. The third kappa shape index (κ3) is 4.79. The van der Waals surface area contributed by atoms with Crippen LogP contribution in [-0.2, 0) is 4.79 Å². The van der Waals surface area contributed by atoms with E-state index in [1.807, 2.05) is 0 Å². The molecule has 6 heteroatoms. The number of carbonyl (C=O) groups is 2. The van der Waals surface area contributed by atoms with Crippen LogP contribution in [0.5, 0.6) is 0 Å². The molecule has 1 N–H and O–H groups in total. The van der Waals surface area contributed by atoms with Gasteiger partial charge in [-0.3, -0.25) is 9.69 Å². The van der Waals surface area contributed by atoms with Crippen molar-refractivity contribution in [3.63, 3.8) is 0 Å². The Morgan fingerprint density at radius 3 is 2.71 bits per heavy atom. The zero-order valence-corrected chi connectivity index (χ0v) is 12.4. The van der Waals surface area contributed by atoms with E-state index in [0.717, 1.165) is 32.2 Å². The van der Waals surface area contributed by atoms with Crippen LogP contribution >= 0.6 is 11.6 Å². The fourth-order valence-electron chi connectivity index (χ4n) is 2.50. The number of amides is 1. The number of halogens is 2. The largest absolute Gasteiger partial charge is 0.352 e. The molecule has 0 bridgehead atoms. The SMILES string of the molecule is O=CCN1CCC(CNC(=O)c2cc(F)cc(Cl)c2)CC1. The van der Waals surface area contributed by atoms with E-state index in [1.54, 1.807) is 0 Å². The van der Waals surface area contributed by atoms with Gasteiger partial charge in [0.05, 0.1) is 6.54 Å². The second-order valence-electron chi connectivity index (χ2n) is 5.28. The maximum Gasteiger partial charge on any atom is 0.251 e. The lowest BCUT2D eigenvalue weighted by Gasteiger charge is -2.30. The van der Waals surface area contributed by atoms with Crippen molar-refractivity contribution in [2.24, 2.45) is 5.92 Å².